The number of hydrogen-bond acceptors (Lipinski definition) is 4. The molecule has 0 spiro atoms. The zero-order valence-corrected chi connectivity index (χ0v) is 10.8. The zero-order chi connectivity index (χ0) is 11.5. The van der Waals surface area contributed by atoms with E-state index in [4.69, 9.17) is 0 Å². The van der Waals surface area contributed by atoms with E-state index in [0.29, 0.717) is 0 Å². The molecule has 16 heavy (non-hydrogen) atoms. The van der Waals surface area contributed by atoms with Gasteiger partial charge in [0.2, 0.25) is 0 Å². The van der Waals surface area contributed by atoms with Gasteiger partial charge in [-0.3, -0.25) is 0 Å². The highest BCUT2D eigenvalue weighted by Crippen LogP contribution is 2.29. The third-order valence-electron chi connectivity index (χ3n) is 2.71. The first-order valence-electron chi connectivity index (χ1n) is 5.61. The number of aromatic nitrogens is 1. The van der Waals surface area contributed by atoms with E-state index in [1.54, 1.807) is 11.3 Å². The van der Waals surface area contributed by atoms with E-state index in [-0.39, 0.29) is 0 Å². The van der Waals surface area contributed by atoms with Crippen LogP contribution in [0, 0.1) is 0 Å². The molecule has 2 aromatic rings. The van der Waals surface area contributed by atoms with Gasteiger partial charge in [0, 0.05) is 25.8 Å². The van der Waals surface area contributed by atoms with Crippen molar-refractivity contribution in [3.05, 3.63) is 18.2 Å². The van der Waals surface area contributed by atoms with Crippen LogP contribution in [0.15, 0.2) is 18.2 Å². The SMILES string of the molecule is CCN(CC)c1ccc2nc(NC)sc2c1. The number of rotatable bonds is 4. The molecule has 0 saturated heterocycles. The molecule has 0 aliphatic carbocycles. The highest BCUT2D eigenvalue weighted by atomic mass is 32.1. The van der Waals surface area contributed by atoms with Gasteiger partial charge in [0.05, 0.1) is 10.2 Å². The Morgan fingerprint density at radius 2 is 2.06 bits per heavy atom. The highest BCUT2D eigenvalue weighted by molar-refractivity contribution is 7.22. The van der Waals surface area contributed by atoms with E-state index in [1.807, 2.05) is 7.05 Å². The monoisotopic (exact) mass is 235 g/mol. The van der Waals surface area contributed by atoms with Gasteiger partial charge in [-0.2, -0.15) is 0 Å². The summed E-state index contributed by atoms with van der Waals surface area (Å²) in [5.41, 5.74) is 2.36. The van der Waals surface area contributed by atoms with Crippen molar-refractivity contribution < 1.29 is 0 Å². The molecule has 0 aliphatic rings. The molecular formula is C12H17N3S. The maximum absolute atomic E-state index is 4.47. The van der Waals surface area contributed by atoms with Crippen molar-refractivity contribution in [2.24, 2.45) is 0 Å². The van der Waals surface area contributed by atoms with Crippen LogP contribution in [0.4, 0.5) is 10.8 Å². The second kappa shape index (κ2) is 4.70. The molecule has 0 saturated carbocycles. The van der Waals surface area contributed by atoms with Gasteiger partial charge in [0.15, 0.2) is 5.13 Å². The standard InChI is InChI=1S/C12H17N3S/c1-4-15(5-2)9-6-7-10-11(8-9)16-12(13-3)14-10/h6-8H,4-5H2,1-3H3,(H,13,14). The lowest BCUT2D eigenvalue weighted by molar-refractivity contribution is 0.867. The minimum atomic E-state index is 0.978. The van der Waals surface area contributed by atoms with E-state index >= 15 is 0 Å². The van der Waals surface area contributed by atoms with Crippen LogP contribution in [-0.4, -0.2) is 25.1 Å². The Labute approximate surface area is 100 Å². The maximum Gasteiger partial charge on any atom is 0.183 e. The number of nitrogens with one attached hydrogen (secondary N) is 1. The van der Waals surface area contributed by atoms with Gasteiger partial charge in [-0.25, -0.2) is 4.98 Å². The van der Waals surface area contributed by atoms with Crippen molar-refractivity contribution in [3.8, 4) is 0 Å². The van der Waals surface area contributed by atoms with Crippen molar-refractivity contribution >= 4 is 32.4 Å². The Morgan fingerprint density at radius 1 is 1.31 bits per heavy atom. The Hall–Kier alpha value is -1.29. The van der Waals surface area contributed by atoms with E-state index in [2.05, 4.69) is 47.2 Å². The van der Waals surface area contributed by atoms with Crippen molar-refractivity contribution in [1.82, 2.24) is 4.98 Å². The Balaban J connectivity index is 2.42. The summed E-state index contributed by atoms with van der Waals surface area (Å²) in [6.07, 6.45) is 0. The van der Waals surface area contributed by atoms with Gasteiger partial charge in [-0.15, -0.1) is 0 Å². The summed E-state index contributed by atoms with van der Waals surface area (Å²) >= 11 is 1.70. The quantitative estimate of drug-likeness (QED) is 0.882. The molecule has 3 nitrogen and oxygen atoms in total. The molecule has 0 amide bonds. The first-order valence-corrected chi connectivity index (χ1v) is 6.43. The fourth-order valence-corrected chi connectivity index (χ4v) is 2.66. The molecule has 1 aromatic heterocycles. The summed E-state index contributed by atoms with van der Waals surface area (Å²) in [6.45, 7) is 6.44. The molecule has 1 heterocycles. The fourth-order valence-electron chi connectivity index (χ4n) is 1.81. The normalized spacial score (nSPS) is 10.7. The van der Waals surface area contributed by atoms with Crippen molar-refractivity contribution in [2.45, 2.75) is 13.8 Å². The molecule has 4 heteroatoms. The summed E-state index contributed by atoms with van der Waals surface area (Å²) in [5.74, 6) is 0. The Kier molecular flexibility index (Phi) is 3.29. The molecule has 0 fully saturated rings. The second-order valence-corrected chi connectivity index (χ2v) is 4.62. The number of benzene rings is 1. The minimum absolute atomic E-state index is 0.978. The van der Waals surface area contributed by atoms with E-state index in [0.717, 1.165) is 23.7 Å². The molecule has 0 bridgehead atoms. The first-order chi connectivity index (χ1) is 7.78. The summed E-state index contributed by atoms with van der Waals surface area (Å²) < 4.78 is 1.24. The average molecular weight is 235 g/mol. The molecule has 0 radical (unpaired) electrons. The lowest BCUT2D eigenvalue weighted by Gasteiger charge is -2.20. The summed E-state index contributed by atoms with van der Waals surface area (Å²) in [5, 5.41) is 4.07. The highest BCUT2D eigenvalue weighted by Gasteiger charge is 2.06. The molecular weight excluding hydrogens is 218 g/mol. The predicted octanol–water partition coefficient (Wildman–Crippen LogP) is 3.18. The second-order valence-electron chi connectivity index (χ2n) is 3.59. The third-order valence-corrected chi connectivity index (χ3v) is 3.75. The van der Waals surface area contributed by atoms with Gasteiger partial charge >= 0.3 is 0 Å². The molecule has 1 aromatic carbocycles. The fraction of sp³-hybridized carbons (Fsp3) is 0.417. The lowest BCUT2D eigenvalue weighted by atomic mass is 10.2. The zero-order valence-electron chi connectivity index (χ0n) is 9.95. The molecule has 0 aliphatic heterocycles. The number of nitrogens with zero attached hydrogens (tertiary/aromatic N) is 2. The smallest absolute Gasteiger partial charge is 0.183 e. The van der Waals surface area contributed by atoms with Gasteiger partial charge < -0.3 is 10.2 Å². The van der Waals surface area contributed by atoms with Gasteiger partial charge in [-0.1, -0.05) is 11.3 Å². The maximum atomic E-state index is 4.47. The van der Waals surface area contributed by atoms with Gasteiger partial charge in [0.1, 0.15) is 0 Å². The van der Waals surface area contributed by atoms with E-state index in [1.165, 1.54) is 10.4 Å². The Morgan fingerprint density at radius 3 is 2.69 bits per heavy atom. The molecule has 0 atom stereocenters. The number of thiazole rings is 1. The van der Waals surface area contributed by atoms with E-state index < -0.39 is 0 Å². The van der Waals surface area contributed by atoms with E-state index in [9.17, 15) is 0 Å². The van der Waals surface area contributed by atoms with Crippen LogP contribution in [0.3, 0.4) is 0 Å². The number of anilines is 2. The summed E-state index contributed by atoms with van der Waals surface area (Å²) in [4.78, 5) is 6.82. The van der Waals surface area contributed by atoms with Gasteiger partial charge in [0.25, 0.3) is 0 Å². The molecule has 2 rings (SSSR count). The number of fused-ring (bicyclic) bond motifs is 1. The first kappa shape index (κ1) is 11.2. The van der Waals surface area contributed by atoms with Gasteiger partial charge in [-0.05, 0) is 32.0 Å². The molecule has 1 N–H and O–H groups in total. The van der Waals surface area contributed by atoms with Crippen molar-refractivity contribution in [1.29, 1.82) is 0 Å². The van der Waals surface area contributed by atoms with Crippen LogP contribution in [0.25, 0.3) is 10.2 Å². The van der Waals surface area contributed by atoms with Crippen molar-refractivity contribution in [2.75, 3.05) is 30.4 Å². The number of hydrogen-bond donors (Lipinski definition) is 1. The topological polar surface area (TPSA) is 28.2 Å². The third kappa shape index (κ3) is 1.97. The summed E-state index contributed by atoms with van der Waals surface area (Å²) in [6, 6.07) is 6.47. The van der Waals surface area contributed by atoms with Crippen LogP contribution in [0.5, 0.6) is 0 Å². The minimum Gasteiger partial charge on any atom is -0.372 e. The molecule has 86 valence electrons. The van der Waals surface area contributed by atoms with Crippen LogP contribution in [0.2, 0.25) is 0 Å². The Bertz CT molecular complexity index is 474. The molecule has 0 unspecified atom stereocenters. The lowest BCUT2D eigenvalue weighted by Crippen LogP contribution is -2.21. The average Bonchev–Trinajstić information content (AvgIpc) is 2.73. The van der Waals surface area contributed by atoms with Crippen LogP contribution in [0.1, 0.15) is 13.8 Å². The van der Waals surface area contributed by atoms with Crippen LogP contribution >= 0.6 is 11.3 Å². The van der Waals surface area contributed by atoms with Crippen molar-refractivity contribution in [3.63, 3.8) is 0 Å². The predicted molar refractivity (Wildman–Crippen MR) is 72.7 cm³/mol. The summed E-state index contributed by atoms with van der Waals surface area (Å²) in [7, 11) is 1.91. The van der Waals surface area contributed by atoms with Crippen LogP contribution < -0.4 is 10.2 Å². The van der Waals surface area contributed by atoms with Crippen LogP contribution in [-0.2, 0) is 0 Å². The largest absolute Gasteiger partial charge is 0.372 e.